The van der Waals surface area contributed by atoms with Crippen molar-refractivity contribution in [2.24, 2.45) is 45.3 Å². The Bertz CT molecular complexity index is 928. The normalized spacial score (nSPS) is 51.9. The van der Waals surface area contributed by atoms with Crippen molar-refractivity contribution < 1.29 is 19.7 Å². The molecular weight excluding hydrogens is 424 g/mol. The van der Waals surface area contributed by atoms with Gasteiger partial charge in [0, 0.05) is 23.2 Å². The highest BCUT2D eigenvalue weighted by Crippen LogP contribution is 2.73. The quantitative estimate of drug-likeness (QED) is 0.499. The molecule has 5 rings (SSSR count). The molecule has 2 N–H and O–H groups in total. The summed E-state index contributed by atoms with van der Waals surface area (Å²) in [6, 6.07) is 0. The minimum absolute atomic E-state index is 0.00785. The smallest absolute Gasteiger partial charge is 0.158 e. The molecule has 1 aliphatic heterocycles. The van der Waals surface area contributed by atoms with E-state index in [2.05, 4.69) is 60.6 Å². The molecule has 1 heterocycles. The second kappa shape index (κ2) is 7.76. The van der Waals surface area contributed by atoms with E-state index in [9.17, 15) is 15.0 Å². The largest absolute Gasteiger partial charge is 0.392 e. The van der Waals surface area contributed by atoms with E-state index >= 15 is 0 Å². The Balaban J connectivity index is 1.47. The van der Waals surface area contributed by atoms with Gasteiger partial charge in [-0.2, -0.15) is 0 Å². The van der Waals surface area contributed by atoms with Crippen LogP contribution in [0.25, 0.3) is 0 Å². The molecule has 4 aliphatic carbocycles. The fourth-order valence-corrected chi connectivity index (χ4v) is 10.0. The second-order valence-electron chi connectivity index (χ2n) is 13.9. The highest BCUT2D eigenvalue weighted by Gasteiger charge is 2.68. The predicted molar refractivity (Wildman–Crippen MR) is 134 cm³/mol. The summed E-state index contributed by atoms with van der Waals surface area (Å²) in [6.45, 7) is 15.6. The Morgan fingerprint density at radius 3 is 2.44 bits per heavy atom. The fraction of sp³-hybridized carbons (Fsp3) is 0.833. The number of hydrogen-bond acceptors (Lipinski definition) is 4. The molecular formula is C30H46O4. The molecule has 4 fully saturated rings. The van der Waals surface area contributed by atoms with Crippen LogP contribution in [0.15, 0.2) is 23.3 Å². The van der Waals surface area contributed by atoms with E-state index in [4.69, 9.17) is 4.74 Å². The van der Waals surface area contributed by atoms with Crippen molar-refractivity contribution >= 4 is 5.78 Å². The zero-order valence-electron chi connectivity index (χ0n) is 22.4. The van der Waals surface area contributed by atoms with Crippen molar-refractivity contribution in [3.05, 3.63) is 23.3 Å². The maximum atomic E-state index is 12.9. The van der Waals surface area contributed by atoms with Crippen LogP contribution in [0.4, 0.5) is 0 Å². The van der Waals surface area contributed by atoms with Crippen LogP contribution < -0.4 is 0 Å². The average molecular weight is 471 g/mol. The molecule has 0 aromatic rings. The number of aliphatic hydroxyl groups excluding tert-OH is 2. The van der Waals surface area contributed by atoms with Crippen LogP contribution in [0.3, 0.4) is 0 Å². The lowest BCUT2D eigenvalue weighted by molar-refractivity contribution is -0.192. The summed E-state index contributed by atoms with van der Waals surface area (Å²) in [5.41, 5.74) is 2.06. The summed E-state index contributed by atoms with van der Waals surface area (Å²) < 4.78 is 5.97. The molecule has 3 saturated carbocycles. The third kappa shape index (κ3) is 3.16. The van der Waals surface area contributed by atoms with Gasteiger partial charge in [-0.3, -0.25) is 4.79 Å². The molecule has 0 amide bonds. The van der Waals surface area contributed by atoms with Gasteiger partial charge in [-0.15, -0.1) is 0 Å². The highest BCUT2D eigenvalue weighted by atomic mass is 16.6. The van der Waals surface area contributed by atoms with Crippen molar-refractivity contribution in [1.29, 1.82) is 0 Å². The molecule has 1 saturated heterocycles. The first kappa shape index (κ1) is 24.7. The molecule has 10 unspecified atom stereocenters. The Morgan fingerprint density at radius 2 is 1.76 bits per heavy atom. The van der Waals surface area contributed by atoms with Crippen LogP contribution in [0.5, 0.6) is 0 Å². The lowest BCUT2D eigenvalue weighted by Crippen LogP contribution is -2.65. The third-order valence-electron chi connectivity index (χ3n) is 11.7. The maximum Gasteiger partial charge on any atom is 0.158 e. The lowest BCUT2D eigenvalue weighted by Gasteiger charge is -2.67. The Morgan fingerprint density at radius 1 is 1.06 bits per heavy atom. The number of ether oxygens (including phenoxy) is 1. The first-order valence-electron chi connectivity index (χ1n) is 13.7. The molecule has 4 nitrogen and oxygen atoms in total. The third-order valence-corrected chi connectivity index (χ3v) is 11.7. The first-order valence-corrected chi connectivity index (χ1v) is 13.7. The summed E-state index contributed by atoms with van der Waals surface area (Å²) in [4.78, 5) is 12.9. The molecule has 34 heavy (non-hydrogen) atoms. The van der Waals surface area contributed by atoms with Gasteiger partial charge in [-0.25, -0.2) is 0 Å². The molecule has 0 aromatic heterocycles. The van der Waals surface area contributed by atoms with Crippen LogP contribution in [-0.2, 0) is 9.53 Å². The molecule has 5 aliphatic rings. The maximum absolute atomic E-state index is 12.9. The highest BCUT2D eigenvalue weighted by molar-refractivity contribution is 5.85. The summed E-state index contributed by atoms with van der Waals surface area (Å²) >= 11 is 0. The van der Waals surface area contributed by atoms with Gasteiger partial charge in [0.25, 0.3) is 0 Å². The van der Waals surface area contributed by atoms with Gasteiger partial charge < -0.3 is 14.9 Å². The van der Waals surface area contributed by atoms with E-state index in [0.29, 0.717) is 30.5 Å². The molecule has 190 valence electrons. The van der Waals surface area contributed by atoms with Gasteiger partial charge in [0.15, 0.2) is 6.29 Å². The van der Waals surface area contributed by atoms with Gasteiger partial charge in [0.2, 0.25) is 0 Å². The van der Waals surface area contributed by atoms with Crippen molar-refractivity contribution in [2.75, 3.05) is 0 Å². The minimum atomic E-state index is -0.718. The molecule has 0 aromatic carbocycles. The van der Waals surface area contributed by atoms with Gasteiger partial charge in [0.05, 0.1) is 12.2 Å². The number of aliphatic hydroxyl groups is 2. The van der Waals surface area contributed by atoms with E-state index in [0.717, 1.165) is 32.1 Å². The van der Waals surface area contributed by atoms with Crippen molar-refractivity contribution in [1.82, 2.24) is 0 Å². The summed E-state index contributed by atoms with van der Waals surface area (Å²) in [5, 5.41) is 22.7. The fourth-order valence-electron chi connectivity index (χ4n) is 10.0. The zero-order chi connectivity index (χ0) is 24.8. The van der Waals surface area contributed by atoms with Crippen molar-refractivity contribution in [2.45, 2.75) is 112 Å². The zero-order valence-corrected chi connectivity index (χ0v) is 22.4. The van der Waals surface area contributed by atoms with E-state index in [-0.39, 0.29) is 39.6 Å². The molecule has 10 atom stereocenters. The van der Waals surface area contributed by atoms with Crippen LogP contribution in [-0.4, -0.2) is 34.5 Å². The number of carbonyl (C=O) groups is 1. The number of allylic oxidation sites excluding steroid dienone is 2. The first-order chi connectivity index (χ1) is 15.8. The van der Waals surface area contributed by atoms with Crippen LogP contribution >= 0.6 is 0 Å². The number of rotatable bonds is 2. The number of carbonyl (C=O) groups excluding carboxylic acids is 1. The van der Waals surface area contributed by atoms with Gasteiger partial charge >= 0.3 is 0 Å². The molecule has 0 bridgehead atoms. The van der Waals surface area contributed by atoms with E-state index in [1.807, 2.05) is 0 Å². The Hall–Kier alpha value is -0.970. The van der Waals surface area contributed by atoms with Crippen LogP contribution in [0.2, 0.25) is 0 Å². The second-order valence-corrected chi connectivity index (χ2v) is 13.9. The predicted octanol–water partition coefficient (Wildman–Crippen LogP) is 5.82. The number of fused-ring (bicyclic) bond motifs is 5. The van der Waals surface area contributed by atoms with Gasteiger partial charge in [0.1, 0.15) is 5.78 Å². The molecule has 0 spiro atoms. The van der Waals surface area contributed by atoms with Crippen molar-refractivity contribution in [3.8, 4) is 0 Å². The van der Waals surface area contributed by atoms with E-state index in [1.54, 1.807) is 0 Å². The topological polar surface area (TPSA) is 66.8 Å². The molecule has 4 heteroatoms. The average Bonchev–Trinajstić information content (AvgIpc) is 3.26. The Labute approximate surface area is 206 Å². The van der Waals surface area contributed by atoms with Crippen molar-refractivity contribution in [3.63, 3.8) is 0 Å². The summed E-state index contributed by atoms with van der Waals surface area (Å²) in [5.74, 6) is 1.43. The van der Waals surface area contributed by atoms with E-state index < -0.39 is 12.4 Å². The standard InChI is InChI=1S/C30H46O4/c1-17(2)14-18-15-19(26(33)34-18)20-8-9-21-28(20,5)12-10-22-29(6)13-11-24(31)27(3,4)23(29)16-25(32)30(21,22)7/h9,14,18-20,22-23,25-26,32-33H,8,10-13,15-16H2,1-7H3. The molecule has 0 radical (unpaired) electrons. The van der Waals surface area contributed by atoms with E-state index in [1.165, 1.54) is 11.1 Å². The van der Waals surface area contributed by atoms with Crippen LogP contribution in [0.1, 0.15) is 93.4 Å². The number of Topliss-reactive ketones (excluding diaryl/α,β-unsaturated/α-hetero) is 1. The lowest BCUT2D eigenvalue weighted by atomic mass is 9.37. The monoisotopic (exact) mass is 470 g/mol. The number of hydrogen-bond donors (Lipinski definition) is 2. The number of ketones is 1. The minimum Gasteiger partial charge on any atom is -0.392 e. The van der Waals surface area contributed by atoms with Gasteiger partial charge in [-0.1, -0.05) is 57.9 Å². The van der Waals surface area contributed by atoms with Crippen LogP contribution in [0, 0.1) is 45.3 Å². The Kier molecular flexibility index (Phi) is 5.64. The van der Waals surface area contributed by atoms with Gasteiger partial charge in [-0.05, 0) is 81.0 Å². The summed E-state index contributed by atoms with van der Waals surface area (Å²) in [6.07, 6.45) is 9.72. The summed E-state index contributed by atoms with van der Waals surface area (Å²) in [7, 11) is 0. The SMILES string of the molecule is CC(C)=CC1CC(C2CC=C3C2(C)CCC2C4(C)CCC(=O)C(C)(C)C4CC(O)C32C)C(O)O1.